The van der Waals surface area contributed by atoms with Crippen molar-refractivity contribution in [3.63, 3.8) is 0 Å². The van der Waals surface area contributed by atoms with Crippen molar-refractivity contribution < 1.29 is 9.59 Å². The van der Waals surface area contributed by atoms with E-state index in [9.17, 15) is 9.59 Å². The summed E-state index contributed by atoms with van der Waals surface area (Å²) >= 11 is 1.55. The fourth-order valence-corrected chi connectivity index (χ4v) is 5.64. The highest BCUT2D eigenvalue weighted by Gasteiger charge is 2.30. The molecule has 2 aliphatic rings. The van der Waals surface area contributed by atoms with Gasteiger partial charge in [-0.05, 0) is 39.5 Å². The normalized spacial score (nSPS) is 18.6. The Balaban J connectivity index is 1.34. The minimum absolute atomic E-state index is 0.193. The molecule has 7 nitrogen and oxygen atoms in total. The van der Waals surface area contributed by atoms with Crippen LogP contribution in [-0.4, -0.2) is 44.6 Å². The lowest BCUT2D eigenvalue weighted by molar-refractivity contribution is -0.137. The Labute approximate surface area is 181 Å². The summed E-state index contributed by atoms with van der Waals surface area (Å²) in [6.07, 6.45) is 7.61. The number of rotatable bonds is 4. The Hall–Kier alpha value is -2.22. The summed E-state index contributed by atoms with van der Waals surface area (Å²) in [6, 6.07) is 0. The van der Waals surface area contributed by atoms with E-state index in [1.54, 1.807) is 16.0 Å². The van der Waals surface area contributed by atoms with Gasteiger partial charge in [0.2, 0.25) is 5.91 Å². The highest BCUT2D eigenvalue weighted by molar-refractivity contribution is 7.10. The van der Waals surface area contributed by atoms with Crippen LogP contribution >= 0.6 is 11.3 Å². The van der Waals surface area contributed by atoms with Crippen LogP contribution in [0.15, 0.2) is 5.38 Å². The Morgan fingerprint density at radius 2 is 1.80 bits per heavy atom. The zero-order valence-electron chi connectivity index (χ0n) is 18.1. The third-order valence-electron chi connectivity index (χ3n) is 6.61. The molecule has 0 atom stereocenters. The lowest BCUT2D eigenvalue weighted by atomic mass is 9.87. The topological polar surface area (TPSA) is 80.1 Å². The van der Waals surface area contributed by atoms with E-state index in [4.69, 9.17) is 0 Å². The summed E-state index contributed by atoms with van der Waals surface area (Å²) in [4.78, 5) is 32.1. The molecular formula is C22H31N5O2S. The third-order valence-corrected chi connectivity index (χ3v) is 7.62. The molecule has 2 amide bonds. The number of aryl methyl sites for hydroxylation is 2. The summed E-state index contributed by atoms with van der Waals surface area (Å²) in [5.41, 5.74) is 2.94. The number of carbonyl (C=O) groups excluding carboxylic acids is 2. The number of aromatic nitrogens is 3. The van der Waals surface area contributed by atoms with Gasteiger partial charge in [-0.25, -0.2) is 4.98 Å². The second-order valence-electron chi connectivity index (χ2n) is 8.63. The number of hydrogen-bond acceptors (Lipinski definition) is 5. The Morgan fingerprint density at radius 1 is 1.10 bits per heavy atom. The van der Waals surface area contributed by atoms with Gasteiger partial charge >= 0.3 is 0 Å². The monoisotopic (exact) mass is 429 g/mol. The van der Waals surface area contributed by atoms with E-state index >= 15 is 0 Å². The van der Waals surface area contributed by atoms with Crippen molar-refractivity contribution in [2.75, 3.05) is 18.4 Å². The molecule has 8 heteroatoms. The third kappa shape index (κ3) is 4.29. The van der Waals surface area contributed by atoms with Crippen LogP contribution in [-0.2, 0) is 11.8 Å². The van der Waals surface area contributed by atoms with Crippen molar-refractivity contribution in [1.82, 2.24) is 19.7 Å². The molecule has 4 rings (SSSR count). The van der Waals surface area contributed by atoms with E-state index in [-0.39, 0.29) is 11.8 Å². The molecular weight excluding hydrogens is 398 g/mol. The Bertz CT molecular complexity index is 920. The maximum absolute atomic E-state index is 12.8. The van der Waals surface area contributed by atoms with Gasteiger partial charge in [-0.1, -0.05) is 19.3 Å². The number of piperidine rings is 1. The maximum Gasteiger partial charge on any atom is 0.275 e. The van der Waals surface area contributed by atoms with Gasteiger partial charge in [0.25, 0.3) is 5.91 Å². The largest absolute Gasteiger partial charge is 0.342 e. The van der Waals surface area contributed by atoms with Crippen molar-refractivity contribution >= 4 is 28.8 Å². The minimum atomic E-state index is -0.193. The van der Waals surface area contributed by atoms with Crippen LogP contribution in [0.4, 0.5) is 5.69 Å². The van der Waals surface area contributed by atoms with E-state index in [0.29, 0.717) is 17.5 Å². The zero-order valence-corrected chi connectivity index (χ0v) is 18.9. The number of nitrogens with zero attached hydrogens (tertiary/aromatic N) is 4. The van der Waals surface area contributed by atoms with E-state index < -0.39 is 0 Å². The second-order valence-corrected chi connectivity index (χ2v) is 9.52. The van der Waals surface area contributed by atoms with Crippen LogP contribution in [0.25, 0.3) is 0 Å². The van der Waals surface area contributed by atoms with Crippen LogP contribution in [0.1, 0.15) is 77.7 Å². The predicted octanol–water partition coefficient (Wildman–Crippen LogP) is 4.03. The van der Waals surface area contributed by atoms with E-state index in [1.807, 2.05) is 26.3 Å². The zero-order chi connectivity index (χ0) is 21.3. The minimum Gasteiger partial charge on any atom is -0.342 e. The SMILES string of the molecule is Cc1nn(C)c(C)c1NC(=O)c1csc(C2CCN(C(=O)C3CCCCC3)CC2)n1. The summed E-state index contributed by atoms with van der Waals surface area (Å²) in [6.45, 7) is 5.42. The molecule has 0 radical (unpaired) electrons. The van der Waals surface area contributed by atoms with Crippen LogP contribution in [0.3, 0.4) is 0 Å². The number of thiazole rings is 1. The first-order valence-corrected chi connectivity index (χ1v) is 11.9. The van der Waals surface area contributed by atoms with Gasteiger partial charge < -0.3 is 10.2 Å². The molecule has 1 N–H and O–H groups in total. The fraction of sp³-hybridized carbons (Fsp3) is 0.636. The molecule has 0 spiro atoms. The number of carbonyl (C=O) groups is 2. The second kappa shape index (κ2) is 8.88. The van der Waals surface area contributed by atoms with Gasteiger partial charge in [-0.3, -0.25) is 14.3 Å². The molecule has 0 aromatic carbocycles. The van der Waals surface area contributed by atoms with Gasteiger partial charge in [0.1, 0.15) is 5.69 Å². The van der Waals surface area contributed by atoms with Crippen LogP contribution in [0.5, 0.6) is 0 Å². The Kier molecular flexibility index (Phi) is 6.22. The van der Waals surface area contributed by atoms with Gasteiger partial charge in [0.15, 0.2) is 0 Å². The molecule has 30 heavy (non-hydrogen) atoms. The van der Waals surface area contributed by atoms with Crippen molar-refractivity contribution in [3.8, 4) is 0 Å². The standard InChI is InChI=1S/C22H31N5O2S/c1-14-19(15(2)26(3)25-14)24-20(28)18-13-30-21(23-18)16-9-11-27(12-10-16)22(29)17-7-5-4-6-8-17/h13,16-17H,4-12H2,1-3H3,(H,24,28). The van der Waals surface area contributed by atoms with Crippen molar-refractivity contribution in [2.45, 2.75) is 64.7 Å². The van der Waals surface area contributed by atoms with Crippen LogP contribution in [0, 0.1) is 19.8 Å². The van der Waals surface area contributed by atoms with Crippen molar-refractivity contribution in [2.24, 2.45) is 13.0 Å². The molecule has 1 saturated carbocycles. The first kappa shape index (κ1) is 21.0. The molecule has 1 aliphatic heterocycles. The predicted molar refractivity (Wildman–Crippen MR) is 118 cm³/mol. The van der Waals surface area contributed by atoms with Crippen molar-refractivity contribution in [1.29, 1.82) is 0 Å². The number of anilines is 1. The van der Waals surface area contributed by atoms with Gasteiger partial charge in [-0.15, -0.1) is 11.3 Å². The van der Waals surface area contributed by atoms with Gasteiger partial charge in [0, 0.05) is 37.4 Å². The first-order chi connectivity index (χ1) is 14.4. The lowest BCUT2D eigenvalue weighted by Gasteiger charge is -2.34. The van der Waals surface area contributed by atoms with Crippen LogP contribution in [0.2, 0.25) is 0 Å². The van der Waals surface area contributed by atoms with Gasteiger partial charge in [0.05, 0.1) is 22.1 Å². The molecule has 162 valence electrons. The van der Waals surface area contributed by atoms with Crippen LogP contribution < -0.4 is 5.32 Å². The molecule has 3 heterocycles. The highest BCUT2D eigenvalue weighted by atomic mass is 32.1. The van der Waals surface area contributed by atoms with Gasteiger partial charge in [-0.2, -0.15) is 5.10 Å². The smallest absolute Gasteiger partial charge is 0.275 e. The average molecular weight is 430 g/mol. The quantitative estimate of drug-likeness (QED) is 0.796. The number of amides is 2. The average Bonchev–Trinajstić information content (AvgIpc) is 3.35. The summed E-state index contributed by atoms with van der Waals surface area (Å²) in [5, 5.41) is 10.1. The molecule has 2 aromatic rings. The number of hydrogen-bond donors (Lipinski definition) is 1. The maximum atomic E-state index is 12.8. The summed E-state index contributed by atoms with van der Waals surface area (Å²) in [7, 11) is 1.87. The number of nitrogens with one attached hydrogen (secondary N) is 1. The van der Waals surface area contributed by atoms with Crippen molar-refractivity contribution in [3.05, 3.63) is 27.5 Å². The summed E-state index contributed by atoms with van der Waals surface area (Å²) < 4.78 is 1.76. The van der Waals surface area contributed by atoms with E-state index in [1.165, 1.54) is 19.3 Å². The molecule has 0 bridgehead atoms. The molecule has 2 aromatic heterocycles. The first-order valence-electron chi connectivity index (χ1n) is 11.0. The van der Waals surface area contributed by atoms with E-state index in [0.717, 1.165) is 60.9 Å². The molecule has 2 fully saturated rings. The highest BCUT2D eigenvalue weighted by Crippen LogP contribution is 2.33. The summed E-state index contributed by atoms with van der Waals surface area (Å²) in [5.74, 6) is 0.731. The molecule has 0 unspecified atom stereocenters. The molecule has 1 saturated heterocycles. The molecule has 1 aliphatic carbocycles. The number of likely N-dealkylation sites (tertiary alicyclic amines) is 1. The van der Waals surface area contributed by atoms with E-state index in [2.05, 4.69) is 20.3 Å². The fourth-order valence-electron chi connectivity index (χ4n) is 4.67. The lowest BCUT2D eigenvalue weighted by Crippen LogP contribution is -2.41. The Morgan fingerprint density at radius 3 is 2.43 bits per heavy atom.